The molecule has 1 aromatic heterocycles. The minimum atomic E-state index is 0.185. The topological polar surface area (TPSA) is 51.3 Å². The first-order valence-corrected chi connectivity index (χ1v) is 7.74. The Balaban J connectivity index is 1.85. The lowest BCUT2D eigenvalue weighted by Gasteiger charge is -2.36. The number of hydrogen-bond acceptors (Lipinski definition) is 2. The number of carbonyl (C=O) groups is 1. The molecular weight excluding hydrogens is 250 g/mol. The summed E-state index contributed by atoms with van der Waals surface area (Å²) in [5.41, 5.74) is 9.23. The molecule has 2 N–H and O–H groups in total. The van der Waals surface area contributed by atoms with Crippen LogP contribution < -0.4 is 5.73 Å². The van der Waals surface area contributed by atoms with Gasteiger partial charge < -0.3 is 15.2 Å². The van der Waals surface area contributed by atoms with Gasteiger partial charge >= 0.3 is 0 Å². The molecule has 4 nitrogen and oxygen atoms in total. The Labute approximate surface area is 120 Å². The maximum Gasteiger partial charge on any atom is 0.255 e. The van der Waals surface area contributed by atoms with Crippen molar-refractivity contribution in [3.05, 3.63) is 23.0 Å². The van der Waals surface area contributed by atoms with E-state index in [9.17, 15) is 4.79 Å². The van der Waals surface area contributed by atoms with Gasteiger partial charge in [-0.25, -0.2) is 0 Å². The van der Waals surface area contributed by atoms with Crippen LogP contribution in [0, 0.1) is 13.8 Å². The van der Waals surface area contributed by atoms with Gasteiger partial charge in [0.2, 0.25) is 0 Å². The minimum Gasteiger partial charge on any atom is -0.345 e. The summed E-state index contributed by atoms with van der Waals surface area (Å²) in [6.07, 6.45) is 4.32. The summed E-state index contributed by atoms with van der Waals surface area (Å²) in [6, 6.07) is 3.18. The average molecular weight is 275 g/mol. The van der Waals surface area contributed by atoms with Crippen LogP contribution in [0.1, 0.15) is 60.4 Å². The lowest BCUT2D eigenvalue weighted by atomic mass is 9.98. The van der Waals surface area contributed by atoms with Crippen LogP contribution in [-0.4, -0.2) is 34.0 Å². The van der Waals surface area contributed by atoms with Gasteiger partial charge in [0.25, 0.3) is 5.91 Å². The van der Waals surface area contributed by atoms with E-state index in [2.05, 4.69) is 31.4 Å². The van der Waals surface area contributed by atoms with Crippen molar-refractivity contribution in [2.45, 2.75) is 64.6 Å². The van der Waals surface area contributed by atoms with Gasteiger partial charge in [-0.3, -0.25) is 4.79 Å². The molecule has 20 heavy (non-hydrogen) atoms. The van der Waals surface area contributed by atoms with E-state index in [4.69, 9.17) is 5.73 Å². The Morgan fingerprint density at radius 1 is 1.30 bits per heavy atom. The maximum atomic E-state index is 12.8. The number of likely N-dealkylation sites (tertiary alicyclic amines) is 1. The molecule has 1 amide bonds. The third kappa shape index (κ3) is 2.26. The van der Waals surface area contributed by atoms with E-state index in [0.717, 1.165) is 30.6 Å². The Bertz CT molecular complexity index is 530. The number of hydrogen-bond donors (Lipinski definition) is 1. The summed E-state index contributed by atoms with van der Waals surface area (Å²) in [6.45, 7) is 7.09. The SMILES string of the molecule is Cc1cc(C(=O)N2CCC(N)CC2C)c(C)n1C1CC1. The lowest BCUT2D eigenvalue weighted by Crippen LogP contribution is -2.48. The molecule has 1 saturated heterocycles. The predicted octanol–water partition coefficient (Wildman–Crippen LogP) is 2.39. The van der Waals surface area contributed by atoms with Gasteiger partial charge in [-0.15, -0.1) is 0 Å². The Morgan fingerprint density at radius 2 is 2.00 bits per heavy atom. The molecule has 4 heteroatoms. The Morgan fingerprint density at radius 3 is 2.60 bits per heavy atom. The van der Waals surface area contributed by atoms with E-state index in [1.165, 1.54) is 18.5 Å². The minimum absolute atomic E-state index is 0.185. The van der Waals surface area contributed by atoms with Crippen molar-refractivity contribution in [2.24, 2.45) is 5.73 Å². The van der Waals surface area contributed by atoms with E-state index in [-0.39, 0.29) is 18.0 Å². The molecule has 110 valence electrons. The van der Waals surface area contributed by atoms with Crippen LogP contribution in [-0.2, 0) is 0 Å². The van der Waals surface area contributed by atoms with Crippen LogP contribution in [0.15, 0.2) is 6.07 Å². The largest absolute Gasteiger partial charge is 0.345 e. The number of carbonyl (C=O) groups excluding carboxylic acids is 1. The monoisotopic (exact) mass is 275 g/mol. The molecule has 1 aliphatic heterocycles. The third-order valence-corrected chi connectivity index (χ3v) is 4.80. The number of rotatable bonds is 2. The molecule has 0 radical (unpaired) electrons. The summed E-state index contributed by atoms with van der Waals surface area (Å²) < 4.78 is 2.34. The van der Waals surface area contributed by atoms with Crippen molar-refractivity contribution in [2.75, 3.05) is 6.54 Å². The fourth-order valence-corrected chi connectivity index (χ4v) is 3.55. The van der Waals surface area contributed by atoms with Gasteiger partial charge in [0.1, 0.15) is 0 Å². The molecule has 3 rings (SSSR count). The number of aromatic nitrogens is 1. The number of aryl methyl sites for hydroxylation is 1. The van der Waals surface area contributed by atoms with Gasteiger partial charge in [-0.05, 0) is 52.5 Å². The Kier molecular flexibility index (Phi) is 3.36. The van der Waals surface area contributed by atoms with Crippen molar-refractivity contribution >= 4 is 5.91 Å². The summed E-state index contributed by atoms with van der Waals surface area (Å²) in [5.74, 6) is 0.185. The van der Waals surface area contributed by atoms with Gasteiger partial charge in [-0.1, -0.05) is 0 Å². The molecule has 2 atom stereocenters. The lowest BCUT2D eigenvalue weighted by molar-refractivity contribution is 0.0618. The molecule has 1 aromatic rings. The number of nitrogens with two attached hydrogens (primary N) is 1. The summed E-state index contributed by atoms with van der Waals surface area (Å²) in [4.78, 5) is 14.8. The standard InChI is InChI=1S/C16H25N3O/c1-10-8-13(17)6-7-18(10)16(20)15-9-11(2)19(12(15)3)14-4-5-14/h9-10,13-14H,4-8,17H2,1-3H3. The number of piperidine rings is 1. The van der Waals surface area contributed by atoms with Crippen LogP contribution in [0.3, 0.4) is 0 Å². The van der Waals surface area contributed by atoms with Crippen molar-refractivity contribution in [1.82, 2.24) is 9.47 Å². The maximum absolute atomic E-state index is 12.8. The summed E-state index contributed by atoms with van der Waals surface area (Å²) in [7, 11) is 0. The summed E-state index contributed by atoms with van der Waals surface area (Å²) >= 11 is 0. The highest BCUT2D eigenvalue weighted by molar-refractivity contribution is 5.96. The highest BCUT2D eigenvalue weighted by Gasteiger charge is 2.32. The zero-order valence-corrected chi connectivity index (χ0v) is 12.7. The zero-order valence-electron chi connectivity index (χ0n) is 12.7. The molecule has 0 spiro atoms. The molecule has 1 aliphatic carbocycles. The van der Waals surface area contributed by atoms with Crippen LogP contribution in [0.4, 0.5) is 0 Å². The fourth-order valence-electron chi connectivity index (χ4n) is 3.55. The van der Waals surface area contributed by atoms with Crippen molar-refractivity contribution in [3.63, 3.8) is 0 Å². The van der Waals surface area contributed by atoms with Gasteiger partial charge in [0.05, 0.1) is 5.56 Å². The molecular formula is C16H25N3O. The van der Waals surface area contributed by atoms with Crippen LogP contribution in [0.2, 0.25) is 0 Å². The number of amides is 1. The molecule has 0 bridgehead atoms. The van der Waals surface area contributed by atoms with Crippen molar-refractivity contribution in [1.29, 1.82) is 0 Å². The van der Waals surface area contributed by atoms with E-state index in [1.54, 1.807) is 0 Å². The van der Waals surface area contributed by atoms with Crippen molar-refractivity contribution < 1.29 is 4.79 Å². The van der Waals surface area contributed by atoms with Crippen molar-refractivity contribution in [3.8, 4) is 0 Å². The first-order chi connectivity index (χ1) is 9.49. The first-order valence-electron chi connectivity index (χ1n) is 7.74. The molecule has 2 fully saturated rings. The quantitative estimate of drug-likeness (QED) is 0.901. The highest BCUT2D eigenvalue weighted by Crippen LogP contribution is 2.38. The third-order valence-electron chi connectivity index (χ3n) is 4.80. The van der Waals surface area contributed by atoms with Crippen LogP contribution in [0.5, 0.6) is 0 Å². The highest BCUT2D eigenvalue weighted by atomic mass is 16.2. The molecule has 2 unspecified atom stereocenters. The first kappa shape index (κ1) is 13.7. The van der Waals surface area contributed by atoms with Gasteiger partial charge in [0.15, 0.2) is 0 Å². The normalized spacial score (nSPS) is 26.9. The second-order valence-corrected chi connectivity index (χ2v) is 6.52. The molecule has 0 aromatic carbocycles. The predicted molar refractivity (Wildman–Crippen MR) is 79.9 cm³/mol. The van der Waals surface area contributed by atoms with E-state index in [0.29, 0.717) is 6.04 Å². The van der Waals surface area contributed by atoms with E-state index < -0.39 is 0 Å². The average Bonchev–Trinajstić information content (AvgIpc) is 3.15. The van der Waals surface area contributed by atoms with Crippen LogP contribution >= 0.6 is 0 Å². The zero-order chi connectivity index (χ0) is 14.4. The summed E-state index contributed by atoms with van der Waals surface area (Å²) in [5, 5.41) is 0. The molecule has 2 heterocycles. The van der Waals surface area contributed by atoms with E-state index in [1.807, 2.05) is 4.90 Å². The second-order valence-electron chi connectivity index (χ2n) is 6.52. The molecule has 1 saturated carbocycles. The Hall–Kier alpha value is -1.29. The van der Waals surface area contributed by atoms with Gasteiger partial charge in [-0.2, -0.15) is 0 Å². The fraction of sp³-hybridized carbons (Fsp3) is 0.688. The smallest absolute Gasteiger partial charge is 0.255 e. The van der Waals surface area contributed by atoms with Gasteiger partial charge in [0, 0.05) is 36.1 Å². The number of nitrogens with zero attached hydrogens (tertiary/aromatic N) is 2. The molecule has 2 aliphatic rings. The van der Waals surface area contributed by atoms with Crippen LogP contribution in [0.25, 0.3) is 0 Å². The van der Waals surface area contributed by atoms with E-state index >= 15 is 0 Å². The second kappa shape index (κ2) is 4.92.